The van der Waals surface area contributed by atoms with E-state index >= 15 is 0 Å². The molecule has 0 aliphatic heterocycles. The van der Waals surface area contributed by atoms with Crippen molar-refractivity contribution in [2.24, 2.45) is 0 Å². The van der Waals surface area contributed by atoms with E-state index in [1.807, 2.05) is 0 Å². The average molecular weight is 160 g/mol. The highest BCUT2D eigenvalue weighted by atomic mass is 17.0. The fourth-order valence-corrected chi connectivity index (χ4v) is 0.311. The van der Waals surface area contributed by atoms with Crippen molar-refractivity contribution in [3.05, 3.63) is 41.7 Å². The normalized spacial score (nSPS) is 9.45. The molecule has 58 valence electrons. The van der Waals surface area contributed by atoms with Crippen LogP contribution in [0.2, 0.25) is 0 Å². The van der Waals surface area contributed by atoms with E-state index in [9.17, 15) is 19.2 Å². The molecule has 1 aromatic heterocycles. The highest BCUT2D eigenvalue weighted by molar-refractivity contribution is 4.61. The van der Waals surface area contributed by atoms with Crippen LogP contribution in [0.4, 0.5) is 0 Å². The lowest BCUT2D eigenvalue weighted by Gasteiger charge is -1.58. The van der Waals surface area contributed by atoms with Gasteiger partial charge in [0.15, 0.2) is 0 Å². The Morgan fingerprint density at radius 3 is 1.36 bits per heavy atom. The molecule has 7 heteroatoms. The van der Waals surface area contributed by atoms with Crippen molar-refractivity contribution in [2.75, 3.05) is 0 Å². The van der Waals surface area contributed by atoms with Crippen molar-refractivity contribution in [2.45, 2.75) is 0 Å². The van der Waals surface area contributed by atoms with Crippen LogP contribution in [0.25, 0.3) is 0 Å². The van der Waals surface area contributed by atoms with Gasteiger partial charge >= 0.3 is 22.5 Å². The van der Waals surface area contributed by atoms with Gasteiger partial charge in [0.25, 0.3) is 0 Å². The first-order chi connectivity index (χ1) is 5.11. The first-order valence-corrected chi connectivity index (χ1v) is 2.30. The molecule has 0 saturated heterocycles. The molecular formula is C4O7. The molecule has 0 aliphatic rings. The van der Waals surface area contributed by atoms with Crippen LogP contribution in [0, 0.1) is 0 Å². The molecule has 0 radical (unpaired) electrons. The van der Waals surface area contributed by atoms with Crippen LogP contribution in [-0.2, 0) is 0 Å². The van der Waals surface area contributed by atoms with Gasteiger partial charge < -0.3 is 4.42 Å². The molecule has 1 aromatic rings. The van der Waals surface area contributed by atoms with E-state index in [4.69, 9.17) is 0 Å². The Morgan fingerprint density at radius 2 is 1.00 bits per heavy atom. The molecule has 0 atom stereocenters. The standard InChI is InChI=1S/C4O7/c5-1-3(7)10-11-4(8)2(6)9-1. The van der Waals surface area contributed by atoms with Crippen molar-refractivity contribution >= 4 is 0 Å². The van der Waals surface area contributed by atoms with E-state index in [-0.39, 0.29) is 0 Å². The number of hydrogen-bond acceptors (Lipinski definition) is 7. The predicted molar refractivity (Wildman–Crippen MR) is 28.3 cm³/mol. The predicted octanol–water partition coefficient (Wildman–Crippen LogP) is -2.09. The second-order valence-electron chi connectivity index (χ2n) is 1.42. The molecule has 7 nitrogen and oxygen atoms in total. The third-order valence-corrected chi connectivity index (χ3v) is 0.712. The van der Waals surface area contributed by atoms with Gasteiger partial charge in [-0.05, 0) is 0 Å². The van der Waals surface area contributed by atoms with Crippen molar-refractivity contribution in [3.63, 3.8) is 0 Å². The average Bonchev–Trinajstić information content (AvgIpc) is 2.05. The highest BCUT2D eigenvalue weighted by Gasteiger charge is 2.01. The monoisotopic (exact) mass is 160 g/mol. The van der Waals surface area contributed by atoms with E-state index in [0.29, 0.717) is 0 Å². The summed E-state index contributed by atoms with van der Waals surface area (Å²) in [5, 5.41) is 0. The van der Waals surface area contributed by atoms with Gasteiger partial charge in [0.2, 0.25) is 0 Å². The molecule has 11 heavy (non-hydrogen) atoms. The van der Waals surface area contributed by atoms with Gasteiger partial charge in [0, 0.05) is 0 Å². The van der Waals surface area contributed by atoms with Crippen molar-refractivity contribution < 1.29 is 13.6 Å². The molecule has 0 unspecified atom stereocenters. The molecule has 0 fully saturated rings. The summed E-state index contributed by atoms with van der Waals surface area (Å²) >= 11 is 0. The van der Waals surface area contributed by atoms with Crippen molar-refractivity contribution in [1.82, 2.24) is 0 Å². The van der Waals surface area contributed by atoms with Crippen LogP contribution in [0.5, 0.6) is 0 Å². The zero-order chi connectivity index (χ0) is 8.43. The van der Waals surface area contributed by atoms with E-state index < -0.39 is 22.5 Å². The van der Waals surface area contributed by atoms with Crippen LogP contribution in [0.3, 0.4) is 0 Å². The summed E-state index contributed by atoms with van der Waals surface area (Å²) in [6.45, 7) is 0. The lowest BCUT2D eigenvalue weighted by molar-refractivity contribution is 0.0198. The van der Waals surface area contributed by atoms with E-state index in [1.54, 1.807) is 0 Å². The Kier molecular flexibility index (Phi) is 1.55. The smallest absolute Gasteiger partial charge is 0.376 e. The molecule has 0 saturated carbocycles. The summed E-state index contributed by atoms with van der Waals surface area (Å²) in [6, 6.07) is 0. The maximum atomic E-state index is 10.2. The zero-order valence-corrected chi connectivity index (χ0v) is 4.86. The van der Waals surface area contributed by atoms with Crippen molar-refractivity contribution in [1.29, 1.82) is 0 Å². The third kappa shape index (κ3) is 1.31. The Hall–Kier alpha value is -1.92. The Labute approximate surface area is 56.4 Å². The third-order valence-electron chi connectivity index (χ3n) is 0.712. The molecule has 0 aliphatic carbocycles. The van der Waals surface area contributed by atoms with Gasteiger partial charge in [-0.1, -0.05) is 0 Å². The molecule has 1 heterocycles. The molecular weight excluding hydrogens is 160 g/mol. The summed E-state index contributed by atoms with van der Waals surface area (Å²) in [7, 11) is 0. The van der Waals surface area contributed by atoms with Gasteiger partial charge in [-0.25, -0.2) is 28.3 Å². The van der Waals surface area contributed by atoms with E-state index in [1.165, 1.54) is 0 Å². The van der Waals surface area contributed by atoms with Gasteiger partial charge in [-0.3, -0.25) is 0 Å². The van der Waals surface area contributed by atoms with Gasteiger partial charge in [-0.2, -0.15) is 0 Å². The number of rotatable bonds is 0. The first kappa shape index (κ1) is 7.19. The lowest BCUT2D eigenvalue weighted by Crippen LogP contribution is -2.24. The van der Waals surface area contributed by atoms with Gasteiger partial charge in [0.1, 0.15) is 0 Å². The maximum absolute atomic E-state index is 10.2. The fraction of sp³-hybridized carbons (Fsp3) is 0. The van der Waals surface area contributed by atoms with Crippen molar-refractivity contribution in [3.8, 4) is 0 Å². The Bertz CT molecular complexity index is 427. The molecule has 1 rings (SSSR count). The molecule has 0 spiro atoms. The molecule has 0 amide bonds. The quantitative estimate of drug-likeness (QED) is 0.316. The Morgan fingerprint density at radius 1 is 0.636 bits per heavy atom. The van der Waals surface area contributed by atoms with E-state index in [0.717, 1.165) is 0 Å². The molecule has 0 aromatic carbocycles. The first-order valence-electron chi connectivity index (χ1n) is 2.30. The number of hydrogen-bond donors (Lipinski definition) is 0. The topological polar surface area (TPSA) is 108 Å². The van der Waals surface area contributed by atoms with Crippen LogP contribution in [0.1, 0.15) is 0 Å². The summed E-state index contributed by atoms with van der Waals surface area (Å²) in [4.78, 5) is 40.8. The highest BCUT2D eigenvalue weighted by Crippen LogP contribution is 1.51. The minimum Gasteiger partial charge on any atom is -0.376 e. The lowest BCUT2D eigenvalue weighted by atomic mass is 10.9. The SMILES string of the molecule is O=c1ooc(=O)c(=O)oc1=O. The fourth-order valence-electron chi connectivity index (χ4n) is 0.311. The second-order valence-corrected chi connectivity index (χ2v) is 1.42. The van der Waals surface area contributed by atoms with Gasteiger partial charge in [0.05, 0.1) is 0 Å². The minimum atomic E-state index is -1.58. The summed E-state index contributed by atoms with van der Waals surface area (Å²) in [6.07, 6.45) is 0. The molecule has 0 N–H and O–H groups in total. The Balaban J connectivity index is 3.99. The van der Waals surface area contributed by atoms with Crippen LogP contribution < -0.4 is 22.5 Å². The largest absolute Gasteiger partial charge is 0.463 e. The minimum absolute atomic E-state index is 1.55. The zero-order valence-electron chi connectivity index (χ0n) is 4.86. The van der Waals surface area contributed by atoms with E-state index in [2.05, 4.69) is 13.6 Å². The maximum Gasteiger partial charge on any atom is 0.463 e. The van der Waals surface area contributed by atoms with Crippen LogP contribution in [0.15, 0.2) is 32.7 Å². The summed E-state index contributed by atoms with van der Waals surface area (Å²) in [5.41, 5.74) is -6.27. The summed E-state index contributed by atoms with van der Waals surface area (Å²) in [5.74, 6) is 0. The van der Waals surface area contributed by atoms with Crippen LogP contribution in [-0.4, -0.2) is 0 Å². The second kappa shape index (κ2) is 2.37. The summed E-state index contributed by atoms with van der Waals surface area (Å²) < 4.78 is 10.6. The molecule has 0 bridgehead atoms. The van der Waals surface area contributed by atoms with Crippen LogP contribution >= 0.6 is 0 Å². The van der Waals surface area contributed by atoms with Gasteiger partial charge in [-0.15, -0.1) is 0 Å².